The highest BCUT2D eigenvalue weighted by Crippen LogP contribution is 2.35. The van der Waals surface area contributed by atoms with Gasteiger partial charge in [-0.05, 0) is 25.1 Å². The minimum Gasteiger partial charge on any atom is -0.486 e. The van der Waals surface area contributed by atoms with Crippen LogP contribution in [0.15, 0.2) is 36.7 Å². The summed E-state index contributed by atoms with van der Waals surface area (Å²) in [5.41, 5.74) is 1.18. The number of carbonyl (C=O) groups is 1. The second kappa shape index (κ2) is 7.29. The Morgan fingerprint density at radius 1 is 1.29 bits per heavy atom. The van der Waals surface area contributed by atoms with Crippen molar-refractivity contribution >= 4 is 29.2 Å². The van der Waals surface area contributed by atoms with Gasteiger partial charge in [0.1, 0.15) is 6.61 Å². The molecule has 0 radical (unpaired) electrons. The van der Waals surface area contributed by atoms with E-state index in [1.54, 1.807) is 19.3 Å². The first-order chi connectivity index (χ1) is 10.1. The van der Waals surface area contributed by atoms with Gasteiger partial charge >= 0.3 is 5.97 Å². The van der Waals surface area contributed by atoms with Gasteiger partial charge in [0.15, 0.2) is 5.75 Å². The van der Waals surface area contributed by atoms with Crippen molar-refractivity contribution in [1.82, 2.24) is 4.98 Å². The molecule has 0 bridgehead atoms. The van der Waals surface area contributed by atoms with E-state index in [9.17, 15) is 4.79 Å². The van der Waals surface area contributed by atoms with Gasteiger partial charge in [-0.3, -0.25) is 4.98 Å². The molecule has 0 spiro atoms. The van der Waals surface area contributed by atoms with Gasteiger partial charge in [-0.2, -0.15) is 0 Å². The Balaban J connectivity index is 2.15. The fourth-order valence-corrected chi connectivity index (χ4v) is 2.27. The number of benzene rings is 1. The van der Waals surface area contributed by atoms with Crippen LogP contribution in [0.5, 0.6) is 5.75 Å². The van der Waals surface area contributed by atoms with Gasteiger partial charge < -0.3 is 9.47 Å². The van der Waals surface area contributed by atoms with E-state index in [1.807, 2.05) is 12.1 Å². The lowest BCUT2D eigenvalue weighted by molar-refractivity contribution is 0.0526. The maximum Gasteiger partial charge on any atom is 0.338 e. The van der Waals surface area contributed by atoms with Gasteiger partial charge in [0, 0.05) is 18.0 Å². The minimum absolute atomic E-state index is 0.259. The summed E-state index contributed by atoms with van der Waals surface area (Å²) in [6, 6.07) is 6.64. The third-order valence-electron chi connectivity index (χ3n) is 2.62. The van der Waals surface area contributed by atoms with E-state index in [0.29, 0.717) is 11.3 Å². The summed E-state index contributed by atoms with van der Waals surface area (Å²) >= 11 is 12.2. The molecule has 0 saturated heterocycles. The average molecular weight is 326 g/mol. The number of rotatable bonds is 5. The number of ether oxygens (including phenoxy) is 2. The van der Waals surface area contributed by atoms with E-state index < -0.39 is 5.97 Å². The topological polar surface area (TPSA) is 48.4 Å². The summed E-state index contributed by atoms with van der Waals surface area (Å²) in [4.78, 5) is 15.6. The van der Waals surface area contributed by atoms with Gasteiger partial charge in [-0.15, -0.1) is 0 Å². The van der Waals surface area contributed by atoms with E-state index in [2.05, 4.69) is 4.98 Å². The normalized spacial score (nSPS) is 10.2. The second-order valence-electron chi connectivity index (χ2n) is 4.14. The highest BCUT2D eigenvalue weighted by Gasteiger charge is 2.15. The molecule has 21 heavy (non-hydrogen) atoms. The zero-order valence-corrected chi connectivity index (χ0v) is 12.8. The Morgan fingerprint density at radius 3 is 2.57 bits per heavy atom. The first-order valence-corrected chi connectivity index (χ1v) is 7.05. The van der Waals surface area contributed by atoms with Gasteiger partial charge in [0.05, 0.1) is 22.2 Å². The van der Waals surface area contributed by atoms with Crippen LogP contribution in [-0.2, 0) is 11.3 Å². The summed E-state index contributed by atoms with van der Waals surface area (Å²) in [6.07, 6.45) is 3.37. The van der Waals surface area contributed by atoms with Crippen molar-refractivity contribution in [3.8, 4) is 5.75 Å². The molecule has 0 aliphatic rings. The molecule has 1 heterocycles. The standard InChI is InChI=1S/C15H13Cl2NO3/c1-2-20-15(19)11-6-12(16)14(13(17)7-11)21-9-10-4-3-5-18-8-10/h3-8H,2,9H2,1H3. The fourth-order valence-electron chi connectivity index (χ4n) is 1.67. The number of esters is 1. The van der Waals surface area contributed by atoms with Crippen molar-refractivity contribution in [2.75, 3.05) is 6.61 Å². The molecule has 0 aliphatic heterocycles. The van der Waals surface area contributed by atoms with Crippen LogP contribution in [0.1, 0.15) is 22.8 Å². The van der Waals surface area contributed by atoms with Gasteiger partial charge in [-0.1, -0.05) is 29.3 Å². The van der Waals surface area contributed by atoms with E-state index in [4.69, 9.17) is 32.7 Å². The molecule has 0 atom stereocenters. The number of hydrogen-bond acceptors (Lipinski definition) is 4. The number of aromatic nitrogens is 1. The number of carbonyl (C=O) groups excluding carboxylic acids is 1. The van der Waals surface area contributed by atoms with Crippen LogP contribution in [0.3, 0.4) is 0 Å². The van der Waals surface area contributed by atoms with Crippen molar-refractivity contribution in [3.63, 3.8) is 0 Å². The average Bonchev–Trinajstić information content (AvgIpc) is 2.47. The van der Waals surface area contributed by atoms with Crippen molar-refractivity contribution in [2.24, 2.45) is 0 Å². The van der Waals surface area contributed by atoms with E-state index in [1.165, 1.54) is 12.1 Å². The molecule has 0 aliphatic carbocycles. The lowest BCUT2D eigenvalue weighted by Gasteiger charge is -2.11. The molecule has 1 aromatic carbocycles. The fraction of sp³-hybridized carbons (Fsp3) is 0.200. The Bertz CT molecular complexity index is 609. The van der Waals surface area contributed by atoms with E-state index >= 15 is 0 Å². The van der Waals surface area contributed by atoms with Gasteiger partial charge in [0.2, 0.25) is 0 Å². The number of hydrogen-bond donors (Lipinski definition) is 0. The Morgan fingerprint density at radius 2 is 2.00 bits per heavy atom. The van der Waals surface area contributed by atoms with E-state index in [-0.39, 0.29) is 23.3 Å². The number of pyridine rings is 1. The van der Waals surface area contributed by atoms with Crippen LogP contribution >= 0.6 is 23.2 Å². The zero-order valence-electron chi connectivity index (χ0n) is 11.3. The molecule has 4 nitrogen and oxygen atoms in total. The van der Waals surface area contributed by atoms with Crippen LogP contribution in [0.4, 0.5) is 0 Å². The Hall–Kier alpha value is -1.78. The third kappa shape index (κ3) is 4.09. The molecule has 6 heteroatoms. The maximum absolute atomic E-state index is 11.7. The lowest BCUT2D eigenvalue weighted by Crippen LogP contribution is -2.05. The predicted molar refractivity (Wildman–Crippen MR) is 81.0 cm³/mol. The van der Waals surface area contributed by atoms with E-state index in [0.717, 1.165) is 5.56 Å². The summed E-state index contributed by atoms with van der Waals surface area (Å²) < 4.78 is 10.5. The van der Waals surface area contributed by atoms with Crippen molar-refractivity contribution < 1.29 is 14.3 Å². The number of nitrogens with zero attached hydrogens (tertiary/aromatic N) is 1. The first-order valence-electron chi connectivity index (χ1n) is 6.29. The monoisotopic (exact) mass is 325 g/mol. The molecule has 0 amide bonds. The predicted octanol–water partition coefficient (Wildman–Crippen LogP) is 4.14. The minimum atomic E-state index is -0.472. The van der Waals surface area contributed by atoms with Crippen LogP contribution < -0.4 is 4.74 Å². The van der Waals surface area contributed by atoms with Gasteiger partial charge in [0.25, 0.3) is 0 Å². The molecule has 0 N–H and O–H groups in total. The van der Waals surface area contributed by atoms with Gasteiger partial charge in [-0.25, -0.2) is 4.79 Å². The van der Waals surface area contributed by atoms with Crippen molar-refractivity contribution in [1.29, 1.82) is 0 Å². The lowest BCUT2D eigenvalue weighted by atomic mass is 10.2. The molecule has 0 unspecified atom stereocenters. The smallest absolute Gasteiger partial charge is 0.338 e. The maximum atomic E-state index is 11.7. The first kappa shape index (κ1) is 15.6. The molecular weight excluding hydrogens is 313 g/mol. The third-order valence-corrected chi connectivity index (χ3v) is 3.18. The second-order valence-corrected chi connectivity index (χ2v) is 4.95. The summed E-state index contributed by atoms with van der Waals surface area (Å²) in [5.74, 6) is -0.143. The summed E-state index contributed by atoms with van der Waals surface area (Å²) in [5, 5.41) is 0.517. The largest absolute Gasteiger partial charge is 0.486 e. The Labute approximate surface area is 132 Å². The highest BCUT2D eigenvalue weighted by molar-refractivity contribution is 6.37. The van der Waals surface area contributed by atoms with Crippen LogP contribution in [0.2, 0.25) is 10.0 Å². The molecule has 2 aromatic rings. The summed E-state index contributed by atoms with van der Waals surface area (Å²) in [6.45, 7) is 2.30. The highest BCUT2D eigenvalue weighted by atomic mass is 35.5. The van der Waals surface area contributed by atoms with Crippen molar-refractivity contribution in [2.45, 2.75) is 13.5 Å². The zero-order chi connectivity index (χ0) is 15.2. The van der Waals surface area contributed by atoms with Crippen LogP contribution in [-0.4, -0.2) is 17.6 Å². The summed E-state index contributed by atoms with van der Waals surface area (Å²) in [7, 11) is 0. The quantitative estimate of drug-likeness (QED) is 0.775. The number of halogens is 2. The molecular formula is C15H13Cl2NO3. The molecule has 0 saturated carbocycles. The molecule has 1 aromatic heterocycles. The molecule has 2 rings (SSSR count). The van der Waals surface area contributed by atoms with Crippen LogP contribution in [0, 0.1) is 0 Å². The SMILES string of the molecule is CCOC(=O)c1cc(Cl)c(OCc2cccnc2)c(Cl)c1. The molecule has 0 fully saturated rings. The molecule has 110 valence electrons. The van der Waals surface area contributed by atoms with Crippen molar-refractivity contribution in [3.05, 3.63) is 57.8 Å². The van der Waals surface area contributed by atoms with Crippen LogP contribution in [0.25, 0.3) is 0 Å². The Kier molecular flexibility index (Phi) is 5.42.